The Labute approximate surface area is 109 Å². The summed E-state index contributed by atoms with van der Waals surface area (Å²) in [6.45, 7) is 4.97. The molecule has 3 nitrogen and oxygen atoms in total. The van der Waals surface area contributed by atoms with Crippen molar-refractivity contribution < 1.29 is 9.84 Å². The Kier molecular flexibility index (Phi) is 4.61. The highest BCUT2D eigenvalue weighted by molar-refractivity contribution is 5.35. The number of benzene rings is 1. The minimum Gasteiger partial charge on any atom is -0.492 e. The topological polar surface area (TPSA) is 41.5 Å². The summed E-state index contributed by atoms with van der Waals surface area (Å²) in [6.07, 6.45) is 2.44. The lowest BCUT2D eigenvalue weighted by Crippen LogP contribution is -2.39. The maximum absolute atomic E-state index is 9.32. The van der Waals surface area contributed by atoms with Crippen molar-refractivity contribution in [2.24, 2.45) is 0 Å². The van der Waals surface area contributed by atoms with Crippen molar-refractivity contribution in [2.75, 3.05) is 13.2 Å². The van der Waals surface area contributed by atoms with E-state index in [1.807, 2.05) is 18.2 Å². The molecule has 0 heterocycles. The van der Waals surface area contributed by atoms with Gasteiger partial charge in [-0.05, 0) is 30.4 Å². The van der Waals surface area contributed by atoms with Gasteiger partial charge in [0.1, 0.15) is 12.4 Å². The van der Waals surface area contributed by atoms with Gasteiger partial charge < -0.3 is 15.2 Å². The summed E-state index contributed by atoms with van der Waals surface area (Å²) in [5, 5.41) is 12.7. The highest BCUT2D eigenvalue weighted by Gasteiger charge is 2.24. The first kappa shape index (κ1) is 13.4. The molecule has 1 aliphatic rings. The summed E-state index contributed by atoms with van der Waals surface area (Å²) in [6, 6.07) is 8.75. The van der Waals surface area contributed by atoms with Crippen LogP contribution in [-0.2, 0) is 0 Å². The van der Waals surface area contributed by atoms with Crippen molar-refractivity contribution in [1.29, 1.82) is 0 Å². The fraction of sp³-hybridized carbons (Fsp3) is 0.600. The molecule has 0 saturated heterocycles. The van der Waals surface area contributed by atoms with Crippen LogP contribution in [0.25, 0.3) is 0 Å². The van der Waals surface area contributed by atoms with E-state index in [4.69, 9.17) is 4.74 Å². The maximum Gasteiger partial charge on any atom is 0.122 e. The van der Waals surface area contributed by atoms with Gasteiger partial charge in [0.15, 0.2) is 0 Å². The fourth-order valence-electron chi connectivity index (χ4n) is 2.02. The highest BCUT2D eigenvalue weighted by Crippen LogP contribution is 2.26. The average Bonchev–Trinajstić information content (AvgIpc) is 3.18. The van der Waals surface area contributed by atoms with Crippen LogP contribution in [0.15, 0.2) is 24.3 Å². The lowest BCUT2D eigenvalue weighted by Gasteiger charge is -2.19. The van der Waals surface area contributed by atoms with Gasteiger partial charge in [0, 0.05) is 6.04 Å². The van der Waals surface area contributed by atoms with Gasteiger partial charge >= 0.3 is 0 Å². The van der Waals surface area contributed by atoms with E-state index in [-0.39, 0.29) is 12.6 Å². The second-order valence-electron chi connectivity index (χ2n) is 5.32. The van der Waals surface area contributed by atoms with Crippen molar-refractivity contribution in [3.8, 4) is 5.75 Å². The molecule has 1 atom stereocenters. The number of ether oxygens (including phenoxy) is 1. The van der Waals surface area contributed by atoms with Crippen LogP contribution in [0.5, 0.6) is 5.75 Å². The van der Waals surface area contributed by atoms with E-state index < -0.39 is 0 Å². The van der Waals surface area contributed by atoms with Crippen molar-refractivity contribution in [1.82, 2.24) is 5.32 Å². The fourth-order valence-corrected chi connectivity index (χ4v) is 2.02. The van der Waals surface area contributed by atoms with Crippen molar-refractivity contribution in [2.45, 2.75) is 44.7 Å². The molecule has 100 valence electrons. The smallest absolute Gasteiger partial charge is 0.122 e. The SMILES string of the molecule is CC(C)c1ccccc1OCC(CO)NC1CC1. The van der Waals surface area contributed by atoms with E-state index >= 15 is 0 Å². The van der Waals surface area contributed by atoms with E-state index in [0.29, 0.717) is 18.6 Å². The molecule has 3 heteroatoms. The van der Waals surface area contributed by atoms with Crippen LogP contribution in [0.2, 0.25) is 0 Å². The first-order valence-corrected chi connectivity index (χ1v) is 6.79. The molecule has 1 aliphatic carbocycles. The third kappa shape index (κ3) is 3.72. The largest absolute Gasteiger partial charge is 0.492 e. The van der Waals surface area contributed by atoms with Crippen LogP contribution >= 0.6 is 0 Å². The standard InChI is InChI=1S/C15H23NO2/c1-11(2)14-5-3-4-6-15(14)18-10-13(9-17)16-12-7-8-12/h3-6,11-13,16-17H,7-10H2,1-2H3. The van der Waals surface area contributed by atoms with Crippen LogP contribution in [0.4, 0.5) is 0 Å². The first-order valence-electron chi connectivity index (χ1n) is 6.79. The van der Waals surface area contributed by atoms with Gasteiger partial charge in [0.2, 0.25) is 0 Å². The van der Waals surface area contributed by atoms with Crippen LogP contribution in [0.3, 0.4) is 0 Å². The summed E-state index contributed by atoms with van der Waals surface area (Å²) < 4.78 is 5.86. The van der Waals surface area contributed by atoms with E-state index in [9.17, 15) is 5.11 Å². The molecule has 0 spiro atoms. The van der Waals surface area contributed by atoms with Gasteiger partial charge in [0.05, 0.1) is 12.6 Å². The van der Waals surface area contributed by atoms with E-state index in [1.165, 1.54) is 18.4 Å². The third-order valence-electron chi connectivity index (χ3n) is 3.25. The zero-order valence-corrected chi connectivity index (χ0v) is 11.2. The molecule has 18 heavy (non-hydrogen) atoms. The third-order valence-corrected chi connectivity index (χ3v) is 3.25. The zero-order valence-electron chi connectivity index (χ0n) is 11.2. The molecular formula is C15H23NO2. The monoisotopic (exact) mass is 249 g/mol. The summed E-state index contributed by atoms with van der Waals surface area (Å²) in [5.74, 6) is 1.38. The van der Waals surface area contributed by atoms with Crippen molar-refractivity contribution >= 4 is 0 Å². The Bertz CT molecular complexity index is 375. The van der Waals surface area contributed by atoms with Gasteiger partial charge in [-0.25, -0.2) is 0 Å². The van der Waals surface area contributed by atoms with Gasteiger partial charge in [-0.15, -0.1) is 0 Å². The lowest BCUT2D eigenvalue weighted by molar-refractivity contribution is 0.181. The van der Waals surface area contributed by atoms with Gasteiger partial charge in [-0.3, -0.25) is 0 Å². The summed E-state index contributed by atoms with van der Waals surface area (Å²) >= 11 is 0. The molecule has 1 saturated carbocycles. The molecule has 1 aromatic carbocycles. The van der Waals surface area contributed by atoms with Crippen LogP contribution in [0, 0.1) is 0 Å². The van der Waals surface area contributed by atoms with E-state index in [0.717, 1.165) is 5.75 Å². The van der Waals surface area contributed by atoms with Crippen molar-refractivity contribution in [3.05, 3.63) is 29.8 Å². The summed E-state index contributed by atoms with van der Waals surface area (Å²) in [4.78, 5) is 0. The Morgan fingerprint density at radius 3 is 2.67 bits per heavy atom. The minimum atomic E-state index is 0.0396. The van der Waals surface area contributed by atoms with Crippen LogP contribution in [-0.4, -0.2) is 30.4 Å². The molecule has 1 aromatic rings. The Hall–Kier alpha value is -1.06. The molecule has 0 aliphatic heterocycles. The molecule has 2 N–H and O–H groups in total. The van der Waals surface area contributed by atoms with Crippen molar-refractivity contribution in [3.63, 3.8) is 0 Å². The van der Waals surface area contributed by atoms with Gasteiger partial charge in [-0.2, -0.15) is 0 Å². The predicted molar refractivity (Wildman–Crippen MR) is 73.1 cm³/mol. The van der Waals surface area contributed by atoms with Gasteiger partial charge in [0.25, 0.3) is 0 Å². The second kappa shape index (κ2) is 6.21. The van der Waals surface area contributed by atoms with E-state index in [2.05, 4.69) is 25.2 Å². The summed E-state index contributed by atoms with van der Waals surface area (Å²) in [7, 11) is 0. The number of hydrogen-bond acceptors (Lipinski definition) is 3. The number of rotatable bonds is 7. The number of aliphatic hydroxyl groups is 1. The Morgan fingerprint density at radius 1 is 1.33 bits per heavy atom. The first-order chi connectivity index (χ1) is 8.70. The average molecular weight is 249 g/mol. The van der Waals surface area contributed by atoms with Crippen LogP contribution in [0.1, 0.15) is 38.2 Å². The maximum atomic E-state index is 9.32. The van der Waals surface area contributed by atoms with Gasteiger partial charge in [-0.1, -0.05) is 32.0 Å². The number of para-hydroxylation sites is 1. The second-order valence-corrected chi connectivity index (χ2v) is 5.32. The number of nitrogens with one attached hydrogen (secondary N) is 1. The quantitative estimate of drug-likeness (QED) is 0.779. The molecule has 1 fully saturated rings. The minimum absolute atomic E-state index is 0.0396. The molecule has 0 aromatic heterocycles. The highest BCUT2D eigenvalue weighted by atomic mass is 16.5. The number of aliphatic hydroxyl groups excluding tert-OH is 1. The Morgan fingerprint density at radius 2 is 2.06 bits per heavy atom. The Balaban J connectivity index is 1.91. The van der Waals surface area contributed by atoms with E-state index in [1.54, 1.807) is 0 Å². The predicted octanol–water partition coefficient (Wildman–Crippen LogP) is 2.30. The summed E-state index contributed by atoms with van der Waals surface area (Å²) in [5.41, 5.74) is 1.22. The zero-order chi connectivity index (χ0) is 13.0. The molecule has 1 unspecified atom stereocenters. The molecule has 0 radical (unpaired) electrons. The number of hydrogen-bond donors (Lipinski definition) is 2. The van der Waals surface area contributed by atoms with Crippen LogP contribution < -0.4 is 10.1 Å². The molecule has 0 bridgehead atoms. The molecule has 2 rings (SSSR count). The normalized spacial score (nSPS) is 16.9. The molecule has 0 amide bonds. The lowest BCUT2D eigenvalue weighted by atomic mass is 10.0. The molecular weight excluding hydrogens is 226 g/mol.